The minimum Gasteiger partial charge on any atom is -0.484 e. The van der Waals surface area contributed by atoms with Crippen molar-refractivity contribution in [1.29, 1.82) is 0 Å². The number of carbonyl (C=O) groups is 2. The lowest BCUT2D eigenvalue weighted by Crippen LogP contribution is -2.55. The number of rotatable bonds is 9. The first-order chi connectivity index (χ1) is 17.0. The first kappa shape index (κ1) is 27.6. The molecule has 0 spiro atoms. The number of halogens is 2. The molecule has 0 radical (unpaired) electrons. The Morgan fingerprint density at radius 1 is 0.972 bits per heavy atom. The normalized spacial score (nSPS) is 12.1. The van der Waals surface area contributed by atoms with Crippen LogP contribution in [0.5, 0.6) is 5.75 Å². The van der Waals surface area contributed by atoms with E-state index in [1.807, 2.05) is 76.2 Å². The number of amides is 2. The number of hydrogen-bond donors (Lipinski definition) is 1. The highest BCUT2D eigenvalue weighted by Gasteiger charge is 2.32. The summed E-state index contributed by atoms with van der Waals surface area (Å²) in [7, 11) is 0. The van der Waals surface area contributed by atoms with Gasteiger partial charge in [-0.2, -0.15) is 0 Å². The van der Waals surface area contributed by atoms with Gasteiger partial charge < -0.3 is 15.0 Å². The number of nitrogens with zero attached hydrogens (tertiary/aromatic N) is 1. The summed E-state index contributed by atoms with van der Waals surface area (Å²) in [6.07, 6.45) is 0.337. The van der Waals surface area contributed by atoms with Crippen LogP contribution >= 0.6 is 23.2 Å². The SMILES string of the molecule is Cc1cccc(OCC(=O)N(Cc2ccc(Cl)cc2Cl)[C@H](Cc2ccccc2)C(=O)NC(C)(C)C)c1. The molecule has 0 bridgehead atoms. The molecule has 0 fully saturated rings. The van der Waals surface area contributed by atoms with Gasteiger partial charge in [0.05, 0.1) is 0 Å². The van der Waals surface area contributed by atoms with Crippen molar-refractivity contribution < 1.29 is 14.3 Å². The fourth-order valence-corrected chi connectivity index (χ4v) is 4.24. The van der Waals surface area contributed by atoms with Gasteiger partial charge in [-0.3, -0.25) is 9.59 Å². The zero-order valence-electron chi connectivity index (χ0n) is 21.1. The van der Waals surface area contributed by atoms with Crippen molar-refractivity contribution in [1.82, 2.24) is 10.2 Å². The van der Waals surface area contributed by atoms with Gasteiger partial charge >= 0.3 is 0 Å². The average Bonchev–Trinajstić information content (AvgIpc) is 2.80. The summed E-state index contributed by atoms with van der Waals surface area (Å²) in [5.74, 6) is 0.0134. The average molecular weight is 527 g/mol. The van der Waals surface area contributed by atoms with E-state index in [0.717, 1.165) is 11.1 Å². The quantitative estimate of drug-likeness (QED) is 0.359. The molecule has 3 aromatic carbocycles. The number of carbonyl (C=O) groups excluding carboxylic acids is 2. The van der Waals surface area contributed by atoms with Gasteiger partial charge in [-0.1, -0.05) is 71.7 Å². The number of nitrogens with one attached hydrogen (secondary N) is 1. The molecule has 3 aromatic rings. The lowest BCUT2D eigenvalue weighted by Gasteiger charge is -2.34. The second-order valence-corrected chi connectivity index (χ2v) is 10.7. The number of aryl methyl sites for hydroxylation is 1. The second kappa shape index (κ2) is 12.3. The Morgan fingerprint density at radius 3 is 2.33 bits per heavy atom. The highest BCUT2D eigenvalue weighted by molar-refractivity contribution is 6.35. The zero-order valence-corrected chi connectivity index (χ0v) is 22.6. The first-order valence-corrected chi connectivity index (χ1v) is 12.6. The van der Waals surface area contributed by atoms with Gasteiger partial charge in [0, 0.05) is 28.5 Å². The predicted molar refractivity (Wildman–Crippen MR) is 146 cm³/mol. The summed E-state index contributed by atoms with van der Waals surface area (Å²) in [5.41, 5.74) is 2.17. The van der Waals surface area contributed by atoms with Crippen LogP contribution in [0.3, 0.4) is 0 Å². The first-order valence-electron chi connectivity index (χ1n) is 11.8. The molecule has 0 aliphatic carbocycles. The van der Waals surface area contributed by atoms with Crippen molar-refractivity contribution in [3.63, 3.8) is 0 Å². The molecule has 7 heteroatoms. The van der Waals surface area contributed by atoms with Crippen molar-refractivity contribution in [2.24, 2.45) is 0 Å². The van der Waals surface area contributed by atoms with E-state index in [1.54, 1.807) is 29.2 Å². The van der Waals surface area contributed by atoms with Crippen LogP contribution in [0.1, 0.15) is 37.5 Å². The van der Waals surface area contributed by atoms with Crippen LogP contribution in [0.4, 0.5) is 0 Å². The molecule has 3 rings (SSSR count). The zero-order chi connectivity index (χ0) is 26.3. The van der Waals surface area contributed by atoms with Crippen LogP contribution in [-0.2, 0) is 22.6 Å². The molecule has 1 atom stereocenters. The van der Waals surface area contributed by atoms with Gasteiger partial charge in [0.25, 0.3) is 5.91 Å². The Kier molecular flexibility index (Phi) is 9.41. The number of benzene rings is 3. The Bertz CT molecular complexity index is 1190. The van der Waals surface area contributed by atoms with Crippen LogP contribution in [-0.4, -0.2) is 34.9 Å². The van der Waals surface area contributed by atoms with Crippen LogP contribution in [0, 0.1) is 6.92 Å². The summed E-state index contributed by atoms with van der Waals surface area (Å²) in [6.45, 7) is 7.59. The summed E-state index contributed by atoms with van der Waals surface area (Å²) < 4.78 is 5.82. The standard InChI is InChI=1S/C29H32Cl2N2O3/c1-20-9-8-12-24(15-20)36-19-27(34)33(18-22-13-14-23(30)17-25(22)31)26(28(35)32-29(2,3)4)16-21-10-6-5-7-11-21/h5-15,17,26H,16,18-19H2,1-4H3,(H,32,35)/t26-/m1/s1. The third-order valence-corrected chi connectivity index (χ3v) is 6.06. The van der Waals surface area contributed by atoms with E-state index >= 15 is 0 Å². The van der Waals surface area contributed by atoms with Crippen molar-refractivity contribution >= 4 is 35.0 Å². The van der Waals surface area contributed by atoms with E-state index in [2.05, 4.69) is 5.32 Å². The molecule has 0 aromatic heterocycles. The molecule has 2 amide bonds. The monoisotopic (exact) mass is 526 g/mol. The topological polar surface area (TPSA) is 58.6 Å². The Hall–Kier alpha value is -3.02. The predicted octanol–water partition coefficient (Wildman–Crippen LogP) is 6.24. The summed E-state index contributed by atoms with van der Waals surface area (Å²) in [6, 6.07) is 21.5. The molecular formula is C29H32Cl2N2O3. The van der Waals surface area contributed by atoms with Gasteiger partial charge in [-0.25, -0.2) is 0 Å². The summed E-state index contributed by atoms with van der Waals surface area (Å²) >= 11 is 12.6. The maximum Gasteiger partial charge on any atom is 0.261 e. The maximum absolute atomic E-state index is 13.6. The van der Waals surface area contributed by atoms with Gasteiger partial charge in [0.1, 0.15) is 11.8 Å². The van der Waals surface area contributed by atoms with Crippen molar-refractivity contribution in [3.05, 3.63) is 99.5 Å². The molecule has 5 nitrogen and oxygen atoms in total. The number of hydrogen-bond acceptors (Lipinski definition) is 3. The lowest BCUT2D eigenvalue weighted by molar-refractivity contribution is -0.143. The lowest BCUT2D eigenvalue weighted by atomic mass is 10.0. The van der Waals surface area contributed by atoms with E-state index in [9.17, 15) is 9.59 Å². The smallest absolute Gasteiger partial charge is 0.261 e. The molecule has 190 valence electrons. The molecule has 0 unspecified atom stereocenters. The highest BCUT2D eigenvalue weighted by atomic mass is 35.5. The van der Waals surface area contributed by atoms with E-state index in [4.69, 9.17) is 27.9 Å². The van der Waals surface area contributed by atoms with Crippen LogP contribution < -0.4 is 10.1 Å². The third-order valence-electron chi connectivity index (χ3n) is 5.48. The Labute approximate surface area is 223 Å². The van der Waals surface area contributed by atoms with Gasteiger partial charge in [0.15, 0.2) is 6.61 Å². The van der Waals surface area contributed by atoms with Crippen molar-refractivity contribution in [2.75, 3.05) is 6.61 Å². The largest absolute Gasteiger partial charge is 0.484 e. The molecule has 0 aliphatic rings. The molecular weight excluding hydrogens is 495 g/mol. The van der Waals surface area contributed by atoms with E-state index < -0.39 is 11.6 Å². The molecule has 36 heavy (non-hydrogen) atoms. The molecule has 0 heterocycles. The van der Waals surface area contributed by atoms with Gasteiger partial charge in [0.2, 0.25) is 5.91 Å². The fraction of sp³-hybridized carbons (Fsp3) is 0.310. The maximum atomic E-state index is 13.6. The molecule has 0 saturated carbocycles. The van der Waals surface area contributed by atoms with E-state index in [-0.39, 0.29) is 25.0 Å². The molecule has 0 aliphatic heterocycles. The second-order valence-electron chi connectivity index (χ2n) is 9.81. The minimum absolute atomic E-state index is 0.126. The van der Waals surface area contributed by atoms with Crippen LogP contribution in [0.15, 0.2) is 72.8 Å². The van der Waals surface area contributed by atoms with Crippen molar-refractivity contribution in [3.8, 4) is 5.75 Å². The summed E-state index contributed by atoms with van der Waals surface area (Å²) in [4.78, 5) is 28.7. The van der Waals surface area contributed by atoms with Crippen LogP contribution in [0.25, 0.3) is 0 Å². The Morgan fingerprint density at radius 2 is 1.69 bits per heavy atom. The third kappa shape index (κ3) is 8.28. The van der Waals surface area contributed by atoms with Crippen LogP contribution in [0.2, 0.25) is 10.0 Å². The molecule has 1 N–H and O–H groups in total. The van der Waals surface area contributed by atoms with Crippen molar-refractivity contribution in [2.45, 2.75) is 52.2 Å². The van der Waals surface area contributed by atoms with E-state index in [1.165, 1.54) is 0 Å². The fourth-order valence-electron chi connectivity index (χ4n) is 3.77. The van der Waals surface area contributed by atoms with Gasteiger partial charge in [-0.05, 0) is 68.7 Å². The van der Waals surface area contributed by atoms with E-state index in [0.29, 0.717) is 27.8 Å². The highest BCUT2D eigenvalue weighted by Crippen LogP contribution is 2.24. The summed E-state index contributed by atoms with van der Waals surface area (Å²) in [5, 5.41) is 3.96. The molecule has 0 saturated heterocycles. The minimum atomic E-state index is -0.785. The number of ether oxygens (including phenoxy) is 1. The van der Waals surface area contributed by atoms with Gasteiger partial charge in [-0.15, -0.1) is 0 Å². The Balaban J connectivity index is 1.96.